The summed E-state index contributed by atoms with van der Waals surface area (Å²) in [7, 11) is 0.354. The molecule has 0 N–H and O–H groups in total. The van der Waals surface area contributed by atoms with E-state index >= 15 is 0 Å². The van der Waals surface area contributed by atoms with Crippen molar-refractivity contribution >= 4 is 31.3 Å². The molecule has 0 aliphatic heterocycles. The third-order valence-electron chi connectivity index (χ3n) is 1.99. The highest BCUT2D eigenvalue weighted by molar-refractivity contribution is 8.13. The van der Waals surface area contributed by atoms with Crippen molar-refractivity contribution in [2.45, 2.75) is 17.0 Å². The van der Waals surface area contributed by atoms with E-state index in [4.69, 9.17) is 27.5 Å². The third-order valence-corrected chi connectivity index (χ3v) is 3.71. The van der Waals surface area contributed by atoms with E-state index < -0.39 is 31.6 Å². The van der Waals surface area contributed by atoms with Crippen LogP contribution in [0.4, 0.5) is 13.2 Å². The molecule has 0 saturated heterocycles. The Morgan fingerprint density at radius 3 is 2.22 bits per heavy atom. The second-order valence-electron chi connectivity index (χ2n) is 3.19. The molecule has 0 atom stereocenters. The van der Waals surface area contributed by atoms with Crippen molar-refractivity contribution in [1.82, 2.24) is 0 Å². The fourth-order valence-electron chi connectivity index (χ4n) is 1.35. The summed E-state index contributed by atoms with van der Waals surface area (Å²) < 4.78 is 60.6. The molecule has 0 fully saturated rings. The second-order valence-corrected chi connectivity index (χ2v) is 5.96. The maximum Gasteiger partial charge on any atom is 0.417 e. The molecular formula is C9H4Cl2F3NO2S. The lowest BCUT2D eigenvalue weighted by Gasteiger charge is -2.14. The SMILES string of the molecule is N#Cc1cc(CCl)c(S(=O)(=O)Cl)c(C(F)(F)F)c1. The van der Waals surface area contributed by atoms with Crippen molar-refractivity contribution in [1.29, 1.82) is 5.26 Å². The second kappa shape index (κ2) is 4.96. The van der Waals surface area contributed by atoms with Gasteiger partial charge in [-0.25, -0.2) is 8.42 Å². The maximum atomic E-state index is 12.7. The topological polar surface area (TPSA) is 57.9 Å². The quantitative estimate of drug-likeness (QED) is 0.621. The number of nitriles is 1. The average molecular weight is 318 g/mol. The number of benzene rings is 1. The zero-order valence-electron chi connectivity index (χ0n) is 8.42. The Kier molecular flexibility index (Phi) is 4.15. The van der Waals surface area contributed by atoms with Gasteiger partial charge in [0.25, 0.3) is 9.05 Å². The van der Waals surface area contributed by atoms with Gasteiger partial charge in [0.2, 0.25) is 0 Å². The maximum absolute atomic E-state index is 12.7. The largest absolute Gasteiger partial charge is 0.417 e. The monoisotopic (exact) mass is 317 g/mol. The molecule has 3 nitrogen and oxygen atoms in total. The standard InChI is InChI=1S/C9H4Cl2F3NO2S/c10-3-6-1-5(4-15)2-7(9(12,13)14)8(6)18(11,16)17/h1-2H,3H2. The highest BCUT2D eigenvalue weighted by Gasteiger charge is 2.38. The summed E-state index contributed by atoms with van der Waals surface area (Å²) in [5.74, 6) is -0.514. The van der Waals surface area contributed by atoms with Crippen molar-refractivity contribution in [3.05, 3.63) is 28.8 Å². The van der Waals surface area contributed by atoms with Crippen LogP contribution in [0.15, 0.2) is 17.0 Å². The van der Waals surface area contributed by atoms with Crippen LogP contribution in [-0.2, 0) is 21.1 Å². The van der Waals surface area contributed by atoms with Gasteiger partial charge in [-0.05, 0) is 17.7 Å². The smallest absolute Gasteiger partial charge is 0.207 e. The van der Waals surface area contributed by atoms with Crippen molar-refractivity contribution < 1.29 is 21.6 Å². The van der Waals surface area contributed by atoms with Crippen molar-refractivity contribution in [2.24, 2.45) is 0 Å². The summed E-state index contributed by atoms with van der Waals surface area (Å²) in [6.07, 6.45) is -4.95. The number of hydrogen-bond donors (Lipinski definition) is 0. The van der Waals surface area contributed by atoms with Crippen LogP contribution in [0.3, 0.4) is 0 Å². The molecule has 0 bridgehead atoms. The highest BCUT2D eigenvalue weighted by atomic mass is 35.7. The van der Waals surface area contributed by atoms with Crippen LogP contribution in [0, 0.1) is 11.3 Å². The van der Waals surface area contributed by atoms with Crippen molar-refractivity contribution in [3.8, 4) is 6.07 Å². The molecule has 0 aliphatic rings. The van der Waals surface area contributed by atoms with E-state index in [1.807, 2.05) is 0 Å². The normalized spacial score (nSPS) is 12.2. The van der Waals surface area contributed by atoms with E-state index in [2.05, 4.69) is 0 Å². The number of hydrogen-bond acceptors (Lipinski definition) is 3. The van der Waals surface area contributed by atoms with Gasteiger partial charge in [0.1, 0.15) is 0 Å². The minimum absolute atomic E-state index is 0.345. The minimum Gasteiger partial charge on any atom is -0.207 e. The minimum atomic E-state index is -4.95. The Morgan fingerprint density at radius 1 is 1.33 bits per heavy atom. The van der Waals surface area contributed by atoms with Gasteiger partial charge >= 0.3 is 6.18 Å². The number of alkyl halides is 4. The molecule has 0 saturated carbocycles. The molecule has 0 amide bonds. The van der Waals surface area contributed by atoms with Gasteiger partial charge in [0.15, 0.2) is 0 Å². The van der Waals surface area contributed by atoms with Crippen LogP contribution >= 0.6 is 22.3 Å². The van der Waals surface area contributed by atoms with E-state index in [9.17, 15) is 21.6 Å². The van der Waals surface area contributed by atoms with E-state index in [1.54, 1.807) is 0 Å². The molecule has 0 aromatic heterocycles. The molecule has 0 heterocycles. The third kappa shape index (κ3) is 3.07. The predicted molar refractivity (Wildman–Crippen MR) is 58.8 cm³/mol. The average Bonchev–Trinajstić information content (AvgIpc) is 2.24. The van der Waals surface area contributed by atoms with Gasteiger partial charge in [-0.3, -0.25) is 0 Å². The molecule has 0 radical (unpaired) electrons. The first kappa shape index (κ1) is 15.1. The number of nitrogens with zero attached hydrogens (tertiary/aromatic N) is 1. The molecule has 9 heteroatoms. The summed E-state index contributed by atoms with van der Waals surface area (Å²) in [6, 6.07) is 2.87. The summed E-state index contributed by atoms with van der Waals surface area (Å²) in [6.45, 7) is 0. The van der Waals surface area contributed by atoms with Gasteiger partial charge < -0.3 is 0 Å². The molecule has 0 spiro atoms. The van der Waals surface area contributed by atoms with Gasteiger partial charge in [-0.1, -0.05) is 0 Å². The molecule has 1 rings (SSSR count). The molecule has 1 aromatic carbocycles. The van der Waals surface area contributed by atoms with Crippen LogP contribution in [0.5, 0.6) is 0 Å². The first-order valence-corrected chi connectivity index (χ1v) is 7.10. The Hall–Kier alpha value is -0.970. The van der Waals surface area contributed by atoms with E-state index in [0.717, 1.165) is 6.07 Å². The molecular weight excluding hydrogens is 314 g/mol. The van der Waals surface area contributed by atoms with E-state index in [1.165, 1.54) is 6.07 Å². The van der Waals surface area contributed by atoms with Gasteiger partial charge in [-0.15, -0.1) is 11.6 Å². The van der Waals surface area contributed by atoms with E-state index in [-0.39, 0.29) is 11.1 Å². The number of halogens is 5. The Morgan fingerprint density at radius 2 is 1.89 bits per heavy atom. The molecule has 18 heavy (non-hydrogen) atoms. The van der Waals surface area contributed by atoms with Gasteiger partial charge in [-0.2, -0.15) is 18.4 Å². The van der Waals surface area contributed by atoms with Crippen LogP contribution < -0.4 is 0 Å². The highest BCUT2D eigenvalue weighted by Crippen LogP contribution is 2.38. The zero-order chi connectivity index (χ0) is 14.1. The molecule has 1 aromatic rings. The fourth-order valence-corrected chi connectivity index (χ4v) is 3.07. The molecule has 98 valence electrons. The van der Waals surface area contributed by atoms with Crippen LogP contribution in [0.25, 0.3) is 0 Å². The molecule has 0 aliphatic carbocycles. The summed E-state index contributed by atoms with van der Waals surface area (Å²) >= 11 is 5.39. The lowest BCUT2D eigenvalue weighted by molar-refractivity contribution is -0.139. The molecule has 0 unspecified atom stereocenters. The van der Waals surface area contributed by atoms with Crippen LogP contribution in [-0.4, -0.2) is 8.42 Å². The lowest BCUT2D eigenvalue weighted by atomic mass is 10.1. The fraction of sp³-hybridized carbons (Fsp3) is 0.222. The summed E-state index contributed by atoms with van der Waals surface area (Å²) in [5.41, 5.74) is -2.20. The van der Waals surface area contributed by atoms with Gasteiger partial charge in [0.05, 0.1) is 22.1 Å². The summed E-state index contributed by atoms with van der Waals surface area (Å²) in [4.78, 5) is -1.11. The van der Waals surface area contributed by atoms with Crippen LogP contribution in [0.1, 0.15) is 16.7 Å². The lowest BCUT2D eigenvalue weighted by Crippen LogP contribution is -2.13. The zero-order valence-corrected chi connectivity index (χ0v) is 10.8. The first-order chi connectivity index (χ1) is 8.11. The predicted octanol–water partition coefficient (Wildman–Crippen LogP) is 3.24. The van der Waals surface area contributed by atoms with Crippen LogP contribution in [0.2, 0.25) is 0 Å². The van der Waals surface area contributed by atoms with Gasteiger partial charge in [0, 0.05) is 16.6 Å². The van der Waals surface area contributed by atoms with E-state index in [0.29, 0.717) is 6.07 Å². The van der Waals surface area contributed by atoms with Crippen molar-refractivity contribution in [3.63, 3.8) is 0 Å². The number of rotatable bonds is 2. The van der Waals surface area contributed by atoms with Crippen molar-refractivity contribution in [2.75, 3.05) is 0 Å². The Labute approximate surface area is 110 Å². The Balaban J connectivity index is 3.83. The Bertz CT molecular complexity index is 620. The summed E-state index contributed by atoms with van der Waals surface area (Å²) in [5, 5.41) is 8.60. The first-order valence-electron chi connectivity index (χ1n) is 4.26.